The van der Waals surface area contributed by atoms with Gasteiger partial charge in [-0.25, -0.2) is 0 Å². The van der Waals surface area contributed by atoms with E-state index in [9.17, 15) is 9.18 Å². The van der Waals surface area contributed by atoms with Crippen LogP contribution in [-0.4, -0.2) is 41.5 Å². The second-order valence-electron chi connectivity index (χ2n) is 5.93. The van der Waals surface area contributed by atoms with Crippen LogP contribution >= 0.6 is 11.6 Å². The van der Waals surface area contributed by atoms with Crippen molar-refractivity contribution in [3.05, 3.63) is 59.0 Å². The van der Waals surface area contributed by atoms with Crippen LogP contribution in [0.25, 0.3) is 0 Å². The zero-order chi connectivity index (χ0) is 17.6. The van der Waals surface area contributed by atoms with E-state index in [4.69, 9.17) is 16.3 Å². The first-order valence-corrected chi connectivity index (χ1v) is 8.49. The van der Waals surface area contributed by atoms with Gasteiger partial charge in [-0.2, -0.15) is 9.37 Å². The van der Waals surface area contributed by atoms with Gasteiger partial charge in [0.25, 0.3) is 0 Å². The molecule has 0 bridgehead atoms. The van der Waals surface area contributed by atoms with Gasteiger partial charge in [-0.15, -0.1) is 0 Å². The Balaban J connectivity index is 1.43. The maximum absolute atomic E-state index is 13.1. The average molecular weight is 364 g/mol. The highest BCUT2D eigenvalue weighted by Gasteiger charge is 2.25. The number of halogens is 2. The summed E-state index contributed by atoms with van der Waals surface area (Å²) in [5, 5.41) is 3.51. The molecule has 1 aromatic heterocycles. The summed E-state index contributed by atoms with van der Waals surface area (Å²) in [5.74, 6) is -0.356. The Morgan fingerprint density at radius 2 is 2.16 bits per heavy atom. The molecule has 25 heavy (non-hydrogen) atoms. The Bertz CT molecular complexity index is 744. The number of carbonyl (C=O) groups is 1. The summed E-state index contributed by atoms with van der Waals surface area (Å²) in [6.07, 6.45) is 0.682. The van der Waals surface area contributed by atoms with Gasteiger partial charge in [-0.05, 0) is 24.1 Å². The summed E-state index contributed by atoms with van der Waals surface area (Å²) in [5.41, 5.74) is 0.886. The molecule has 1 aliphatic rings. The molecular formula is C18H19ClFN3O2. The standard InChI is InChI=1S/C18H19ClFN3O2/c19-15-5-2-1-4-13(15)10-21-17(24)12-23-9-8-14(11-23)25-18-7-3-6-16(20)22-18/h1-7,14H,8-12H2,(H,21,24). The summed E-state index contributed by atoms with van der Waals surface area (Å²) in [6, 6.07) is 11.9. The number of aromatic nitrogens is 1. The number of hydrogen-bond donors (Lipinski definition) is 1. The van der Waals surface area contributed by atoms with Crippen molar-refractivity contribution in [1.29, 1.82) is 0 Å². The van der Waals surface area contributed by atoms with Crippen LogP contribution in [0, 0.1) is 5.95 Å². The molecule has 1 unspecified atom stereocenters. The number of rotatable bonds is 6. The van der Waals surface area contributed by atoms with Crippen molar-refractivity contribution in [2.24, 2.45) is 0 Å². The van der Waals surface area contributed by atoms with E-state index in [1.807, 2.05) is 23.1 Å². The third-order valence-corrected chi connectivity index (χ3v) is 4.38. The molecule has 1 amide bonds. The molecule has 0 saturated carbocycles. The van der Waals surface area contributed by atoms with Crippen molar-refractivity contribution < 1.29 is 13.9 Å². The van der Waals surface area contributed by atoms with E-state index >= 15 is 0 Å². The van der Waals surface area contributed by atoms with Gasteiger partial charge in [0.1, 0.15) is 6.10 Å². The number of hydrogen-bond acceptors (Lipinski definition) is 4. The van der Waals surface area contributed by atoms with E-state index in [2.05, 4.69) is 10.3 Å². The maximum Gasteiger partial charge on any atom is 0.234 e. The summed E-state index contributed by atoms with van der Waals surface area (Å²) in [6.45, 7) is 2.05. The quantitative estimate of drug-likeness (QED) is 0.802. The zero-order valence-corrected chi connectivity index (χ0v) is 14.4. The van der Waals surface area contributed by atoms with Crippen LogP contribution in [0.5, 0.6) is 5.88 Å². The number of nitrogens with zero attached hydrogens (tertiary/aromatic N) is 2. The second-order valence-corrected chi connectivity index (χ2v) is 6.34. The first-order valence-electron chi connectivity index (χ1n) is 8.12. The third kappa shape index (κ3) is 5.14. The second kappa shape index (κ2) is 8.27. The first-order chi connectivity index (χ1) is 12.1. The lowest BCUT2D eigenvalue weighted by molar-refractivity contribution is -0.122. The minimum Gasteiger partial charge on any atom is -0.473 e. The number of carbonyl (C=O) groups excluding carboxylic acids is 1. The lowest BCUT2D eigenvalue weighted by atomic mass is 10.2. The molecule has 0 spiro atoms. The van der Waals surface area contributed by atoms with E-state index in [1.54, 1.807) is 18.2 Å². The molecule has 1 atom stereocenters. The van der Waals surface area contributed by atoms with Gasteiger partial charge in [-0.1, -0.05) is 35.9 Å². The molecule has 0 radical (unpaired) electrons. The predicted octanol–water partition coefficient (Wildman–Crippen LogP) is 2.64. The van der Waals surface area contributed by atoms with Crippen molar-refractivity contribution >= 4 is 17.5 Å². The van der Waals surface area contributed by atoms with Gasteiger partial charge in [0.15, 0.2) is 0 Å². The average Bonchev–Trinajstić information content (AvgIpc) is 3.01. The Morgan fingerprint density at radius 3 is 2.96 bits per heavy atom. The van der Waals surface area contributed by atoms with Crippen LogP contribution in [0.2, 0.25) is 5.02 Å². The van der Waals surface area contributed by atoms with Crippen molar-refractivity contribution in [3.8, 4) is 5.88 Å². The van der Waals surface area contributed by atoms with Crippen LogP contribution in [0.4, 0.5) is 4.39 Å². The zero-order valence-electron chi connectivity index (χ0n) is 13.6. The van der Waals surface area contributed by atoms with E-state index in [0.717, 1.165) is 18.5 Å². The Hall–Kier alpha value is -2.18. The molecule has 1 aromatic carbocycles. The largest absolute Gasteiger partial charge is 0.473 e. The molecule has 1 aliphatic heterocycles. The Labute approximate surface area is 150 Å². The highest BCUT2D eigenvalue weighted by Crippen LogP contribution is 2.17. The molecule has 7 heteroatoms. The molecule has 1 fully saturated rings. The molecule has 1 N–H and O–H groups in total. The summed E-state index contributed by atoms with van der Waals surface area (Å²) < 4.78 is 18.8. The van der Waals surface area contributed by atoms with Gasteiger partial charge < -0.3 is 10.1 Å². The number of nitrogens with one attached hydrogen (secondary N) is 1. The van der Waals surface area contributed by atoms with Crippen molar-refractivity contribution in [2.75, 3.05) is 19.6 Å². The summed E-state index contributed by atoms with van der Waals surface area (Å²) >= 11 is 6.07. The number of likely N-dealkylation sites (tertiary alicyclic amines) is 1. The highest BCUT2D eigenvalue weighted by molar-refractivity contribution is 6.31. The van der Waals surface area contributed by atoms with E-state index in [1.165, 1.54) is 6.07 Å². The van der Waals surface area contributed by atoms with E-state index in [0.29, 0.717) is 24.7 Å². The Kier molecular flexibility index (Phi) is 5.83. The molecule has 2 aromatic rings. The molecule has 0 aliphatic carbocycles. The van der Waals surface area contributed by atoms with Gasteiger partial charge in [-0.3, -0.25) is 9.69 Å². The smallest absolute Gasteiger partial charge is 0.234 e. The number of ether oxygens (including phenoxy) is 1. The van der Waals surface area contributed by atoms with Crippen LogP contribution in [0.1, 0.15) is 12.0 Å². The lowest BCUT2D eigenvalue weighted by Crippen LogP contribution is -2.36. The highest BCUT2D eigenvalue weighted by atomic mass is 35.5. The molecule has 3 rings (SSSR count). The van der Waals surface area contributed by atoms with E-state index < -0.39 is 5.95 Å². The van der Waals surface area contributed by atoms with Crippen molar-refractivity contribution in [1.82, 2.24) is 15.2 Å². The number of amides is 1. The lowest BCUT2D eigenvalue weighted by Gasteiger charge is -2.16. The van der Waals surface area contributed by atoms with Crippen LogP contribution in [0.3, 0.4) is 0 Å². The minimum atomic E-state index is -0.564. The van der Waals surface area contributed by atoms with Gasteiger partial charge >= 0.3 is 0 Å². The first kappa shape index (κ1) is 17.6. The normalized spacial score (nSPS) is 17.4. The van der Waals surface area contributed by atoms with Crippen LogP contribution in [0.15, 0.2) is 42.5 Å². The van der Waals surface area contributed by atoms with Gasteiger partial charge in [0.05, 0.1) is 6.54 Å². The van der Waals surface area contributed by atoms with Crippen LogP contribution in [-0.2, 0) is 11.3 Å². The van der Waals surface area contributed by atoms with Gasteiger partial charge in [0, 0.05) is 30.7 Å². The number of benzene rings is 1. The third-order valence-electron chi connectivity index (χ3n) is 4.01. The Morgan fingerprint density at radius 1 is 1.32 bits per heavy atom. The monoisotopic (exact) mass is 363 g/mol. The summed E-state index contributed by atoms with van der Waals surface area (Å²) in [7, 11) is 0. The van der Waals surface area contributed by atoms with Crippen molar-refractivity contribution in [2.45, 2.75) is 19.1 Å². The van der Waals surface area contributed by atoms with Crippen molar-refractivity contribution in [3.63, 3.8) is 0 Å². The fourth-order valence-corrected chi connectivity index (χ4v) is 2.96. The van der Waals surface area contributed by atoms with Gasteiger partial charge in [0.2, 0.25) is 17.7 Å². The topological polar surface area (TPSA) is 54.5 Å². The molecule has 5 nitrogen and oxygen atoms in total. The fraction of sp³-hybridized carbons (Fsp3) is 0.333. The maximum atomic E-state index is 13.1. The molecule has 132 valence electrons. The fourth-order valence-electron chi connectivity index (χ4n) is 2.76. The number of pyridine rings is 1. The predicted molar refractivity (Wildman–Crippen MR) is 93.0 cm³/mol. The molecule has 2 heterocycles. The molecule has 1 saturated heterocycles. The minimum absolute atomic E-state index is 0.0653. The van der Waals surface area contributed by atoms with Crippen LogP contribution < -0.4 is 10.1 Å². The molecular weight excluding hydrogens is 345 g/mol. The SMILES string of the molecule is O=C(CN1CCC(Oc2cccc(F)n2)C1)NCc1ccccc1Cl. The van der Waals surface area contributed by atoms with E-state index in [-0.39, 0.29) is 17.9 Å². The summed E-state index contributed by atoms with van der Waals surface area (Å²) in [4.78, 5) is 17.8.